The molecule has 4 nitrogen and oxygen atoms in total. The summed E-state index contributed by atoms with van der Waals surface area (Å²) in [7, 11) is 1.75. The molecule has 0 heterocycles. The van der Waals surface area contributed by atoms with Gasteiger partial charge in [-0.15, -0.1) is 0 Å². The summed E-state index contributed by atoms with van der Waals surface area (Å²) in [5, 5.41) is 8.84. The molecule has 112 valence electrons. The van der Waals surface area contributed by atoms with E-state index in [1.54, 1.807) is 36.2 Å². The minimum Gasteiger partial charge on any atom is -0.484 e. The molecule has 22 heavy (non-hydrogen) atoms. The summed E-state index contributed by atoms with van der Waals surface area (Å²) in [6.07, 6.45) is 0. The van der Waals surface area contributed by atoms with Crippen LogP contribution in [0.5, 0.6) is 5.75 Å². The molecular weight excluding hydrogens is 276 g/mol. The lowest BCUT2D eigenvalue weighted by Gasteiger charge is -2.18. The van der Waals surface area contributed by atoms with Crippen LogP contribution in [0.1, 0.15) is 16.7 Å². The third-order valence-electron chi connectivity index (χ3n) is 3.42. The number of likely N-dealkylation sites (N-methyl/N-ethyl adjacent to an activating group) is 1. The fourth-order valence-electron chi connectivity index (χ4n) is 2.04. The molecule has 0 aliphatic carbocycles. The molecule has 0 saturated heterocycles. The summed E-state index contributed by atoms with van der Waals surface area (Å²) in [4.78, 5) is 13.8. The van der Waals surface area contributed by atoms with Crippen LogP contribution in [-0.4, -0.2) is 24.5 Å². The molecule has 0 unspecified atom stereocenters. The summed E-state index contributed by atoms with van der Waals surface area (Å²) >= 11 is 0. The highest BCUT2D eigenvalue weighted by atomic mass is 16.5. The maximum atomic E-state index is 12.1. The maximum Gasteiger partial charge on any atom is 0.260 e. The Kier molecular flexibility index (Phi) is 5.16. The second-order valence-electron chi connectivity index (χ2n) is 5.10. The number of aryl methyl sites for hydroxylation is 1. The number of rotatable bonds is 5. The van der Waals surface area contributed by atoms with Crippen LogP contribution in [0.2, 0.25) is 0 Å². The minimum atomic E-state index is -0.106. The van der Waals surface area contributed by atoms with Crippen molar-refractivity contribution >= 4 is 5.91 Å². The van der Waals surface area contributed by atoms with Crippen molar-refractivity contribution in [2.75, 3.05) is 13.7 Å². The molecule has 0 aromatic heterocycles. The van der Waals surface area contributed by atoms with Crippen LogP contribution in [0.15, 0.2) is 48.5 Å². The summed E-state index contributed by atoms with van der Waals surface area (Å²) in [5.41, 5.74) is 2.79. The number of amides is 1. The summed E-state index contributed by atoms with van der Waals surface area (Å²) in [5.74, 6) is 0.419. The Morgan fingerprint density at radius 2 is 2.00 bits per heavy atom. The third-order valence-corrected chi connectivity index (χ3v) is 3.42. The zero-order valence-corrected chi connectivity index (χ0v) is 12.7. The van der Waals surface area contributed by atoms with Crippen LogP contribution in [-0.2, 0) is 11.3 Å². The zero-order valence-electron chi connectivity index (χ0n) is 12.7. The zero-order chi connectivity index (χ0) is 15.9. The van der Waals surface area contributed by atoms with E-state index >= 15 is 0 Å². The lowest BCUT2D eigenvalue weighted by Crippen LogP contribution is -2.31. The van der Waals surface area contributed by atoms with Gasteiger partial charge in [0.1, 0.15) is 5.75 Å². The van der Waals surface area contributed by atoms with Crippen molar-refractivity contribution < 1.29 is 9.53 Å². The highest BCUT2D eigenvalue weighted by Gasteiger charge is 2.11. The van der Waals surface area contributed by atoms with Crippen molar-refractivity contribution in [3.63, 3.8) is 0 Å². The topological polar surface area (TPSA) is 53.3 Å². The Bertz CT molecular complexity index is 704. The lowest BCUT2D eigenvalue weighted by atomic mass is 10.1. The first-order valence-electron chi connectivity index (χ1n) is 7.01. The van der Waals surface area contributed by atoms with Gasteiger partial charge in [0.2, 0.25) is 0 Å². The summed E-state index contributed by atoms with van der Waals surface area (Å²) in [6, 6.07) is 16.8. The van der Waals surface area contributed by atoms with Gasteiger partial charge in [0.15, 0.2) is 6.61 Å². The fourth-order valence-corrected chi connectivity index (χ4v) is 2.04. The first-order chi connectivity index (χ1) is 10.6. The average Bonchev–Trinajstić information content (AvgIpc) is 2.54. The number of nitriles is 1. The van der Waals surface area contributed by atoms with Crippen LogP contribution >= 0.6 is 0 Å². The molecule has 0 atom stereocenters. The minimum absolute atomic E-state index is 0.0444. The number of benzene rings is 2. The van der Waals surface area contributed by atoms with Gasteiger partial charge >= 0.3 is 0 Å². The summed E-state index contributed by atoms with van der Waals surface area (Å²) in [6.45, 7) is 2.53. The van der Waals surface area contributed by atoms with E-state index in [2.05, 4.69) is 0 Å². The van der Waals surface area contributed by atoms with Crippen LogP contribution in [0, 0.1) is 18.3 Å². The van der Waals surface area contributed by atoms with Gasteiger partial charge in [0.25, 0.3) is 5.91 Å². The van der Waals surface area contributed by atoms with E-state index in [-0.39, 0.29) is 12.5 Å². The van der Waals surface area contributed by atoms with Crippen molar-refractivity contribution in [3.05, 3.63) is 65.2 Å². The second-order valence-corrected chi connectivity index (χ2v) is 5.10. The molecule has 0 aliphatic rings. The number of carbonyl (C=O) groups excluding carboxylic acids is 1. The van der Waals surface area contributed by atoms with E-state index in [9.17, 15) is 4.79 Å². The fraction of sp³-hybridized carbons (Fsp3) is 0.222. The molecule has 0 bridgehead atoms. The smallest absolute Gasteiger partial charge is 0.260 e. The maximum absolute atomic E-state index is 12.1. The van der Waals surface area contributed by atoms with Gasteiger partial charge in [-0.05, 0) is 36.2 Å². The van der Waals surface area contributed by atoms with E-state index in [0.717, 1.165) is 11.1 Å². The van der Waals surface area contributed by atoms with Crippen molar-refractivity contribution in [3.8, 4) is 11.8 Å². The predicted molar refractivity (Wildman–Crippen MR) is 84.3 cm³/mol. The number of carbonyl (C=O) groups is 1. The molecule has 1 amide bonds. The quantitative estimate of drug-likeness (QED) is 0.852. The molecule has 0 aliphatic heterocycles. The Hall–Kier alpha value is -2.80. The van der Waals surface area contributed by atoms with E-state index in [4.69, 9.17) is 10.00 Å². The van der Waals surface area contributed by atoms with Crippen molar-refractivity contribution in [1.82, 2.24) is 4.90 Å². The molecule has 0 saturated carbocycles. The number of ether oxygens (including phenoxy) is 1. The Morgan fingerprint density at radius 3 is 2.73 bits per heavy atom. The molecule has 2 aromatic carbocycles. The molecule has 0 fully saturated rings. The van der Waals surface area contributed by atoms with Gasteiger partial charge in [-0.3, -0.25) is 4.79 Å². The van der Waals surface area contributed by atoms with E-state index in [1.807, 2.05) is 37.3 Å². The first-order valence-corrected chi connectivity index (χ1v) is 7.01. The highest BCUT2D eigenvalue weighted by Crippen LogP contribution is 2.13. The predicted octanol–water partition coefficient (Wildman–Crippen LogP) is 2.90. The van der Waals surface area contributed by atoms with Gasteiger partial charge in [-0.2, -0.15) is 5.26 Å². The van der Waals surface area contributed by atoms with Crippen LogP contribution < -0.4 is 4.74 Å². The SMILES string of the molecule is Cc1ccccc1CN(C)C(=O)COc1cccc(C#N)c1. The number of hydrogen-bond donors (Lipinski definition) is 0. The van der Waals surface area contributed by atoms with Crippen molar-refractivity contribution in [1.29, 1.82) is 5.26 Å². The standard InChI is InChI=1S/C18H18N2O2/c1-14-6-3-4-8-16(14)12-20(2)18(21)13-22-17-9-5-7-15(10-17)11-19/h3-10H,12-13H2,1-2H3. The molecule has 0 N–H and O–H groups in total. The molecule has 0 spiro atoms. The van der Waals surface area contributed by atoms with Gasteiger partial charge in [-0.1, -0.05) is 30.3 Å². The highest BCUT2D eigenvalue weighted by molar-refractivity contribution is 5.77. The Morgan fingerprint density at radius 1 is 1.23 bits per heavy atom. The molecule has 2 rings (SSSR count). The number of nitrogens with zero attached hydrogens (tertiary/aromatic N) is 2. The van der Waals surface area contributed by atoms with Crippen molar-refractivity contribution in [2.24, 2.45) is 0 Å². The normalized spacial score (nSPS) is 9.86. The molecule has 0 radical (unpaired) electrons. The van der Waals surface area contributed by atoms with E-state index in [1.165, 1.54) is 0 Å². The second kappa shape index (κ2) is 7.28. The van der Waals surface area contributed by atoms with Gasteiger partial charge < -0.3 is 9.64 Å². The molecule has 4 heteroatoms. The van der Waals surface area contributed by atoms with Crippen LogP contribution in [0.4, 0.5) is 0 Å². The van der Waals surface area contributed by atoms with Crippen molar-refractivity contribution in [2.45, 2.75) is 13.5 Å². The van der Waals surface area contributed by atoms with Gasteiger partial charge in [-0.25, -0.2) is 0 Å². The third kappa shape index (κ3) is 4.10. The van der Waals surface area contributed by atoms with E-state index < -0.39 is 0 Å². The molecular formula is C18H18N2O2. The summed E-state index contributed by atoms with van der Waals surface area (Å²) < 4.78 is 5.46. The molecule has 2 aromatic rings. The average molecular weight is 294 g/mol. The van der Waals surface area contributed by atoms with Gasteiger partial charge in [0.05, 0.1) is 11.6 Å². The Balaban J connectivity index is 1.91. The van der Waals surface area contributed by atoms with Crippen LogP contribution in [0.3, 0.4) is 0 Å². The Labute approximate surface area is 130 Å². The monoisotopic (exact) mass is 294 g/mol. The first kappa shape index (κ1) is 15.6. The lowest BCUT2D eigenvalue weighted by molar-refractivity contribution is -0.132. The van der Waals surface area contributed by atoms with Gasteiger partial charge in [0, 0.05) is 13.6 Å². The largest absolute Gasteiger partial charge is 0.484 e. The number of hydrogen-bond acceptors (Lipinski definition) is 3. The van der Waals surface area contributed by atoms with Crippen LogP contribution in [0.25, 0.3) is 0 Å². The van der Waals surface area contributed by atoms with E-state index in [0.29, 0.717) is 17.9 Å².